The van der Waals surface area contributed by atoms with E-state index in [0.29, 0.717) is 22.9 Å². The van der Waals surface area contributed by atoms with Gasteiger partial charge in [-0.2, -0.15) is 0 Å². The predicted octanol–water partition coefficient (Wildman–Crippen LogP) is 3.81. The Labute approximate surface area is 149 Å². The van der Waals surface area contributed by atoms with Crippen molar-refractivity contribution in [2.75, 3.05) is 19.5 Å². The molecular formula is C18H16N4O4. The van der Waals surface area contributed by atoms with E-state index in [0.717, 1.165) is 5.56 Å². The third-order valence-corrected chi connectivity index (χ3v) is 3.70. The van der Waals surface area contributed by atoms with Crippen LogP contribution in [0.3, 0.4) is 0 Å². The predicted molar refractivity (Wildman–Crippen MR) is 97.0 cm³/mol. The number of anilines is 2. The van der Waals surface area contributed by atoms with Crippen LogP contribution in [0.2, 0.25) is 0 Å². The maximum absolute atomic E-state index is 11.0. The number of para-hydroxylation sites is 1. The Morgan fingerprint density at radius 2 is 1.77 bits per heavy atom. The van der Waals surface area contributed by atoms with E-state index in [2.05, 4.69) is 15.3 Å². The minimum Gasteiger partial charge on any atom is -0.496 e. The van der Waals surface area contributed by atoms with Crippen molar-refractivity contribution in [2.24, 2.45) is 0 Å². The summed E-state index contributed by atoms with van der Waals surface area (Å²) in [5.41, 5.74) is 2.03. The number of nitro benzene ring substituents is 1. The van der Waals surface area contributed by atoms with Crippen LogP contribution in [0.25, 0.3) is 11.3 Å². The first-order chi connectivity index (χ1) is 12.6. The molecule has 0 saturated heterocycles. The van der Waals surface area contributed by atoms with Crippen LogP contribution in [-0.4, -0.2) is 29.1 Å². The van der Waals surface area contributed by atoms with Gasteiger partial charge in [-0.1, -0.05) is 12.1 Å². The van der Waals surface area contributed by atoms with E-state index in [1.54, 1.807) is 25.3 Å². The Balaban J connectivity index is 1.91. The molecule has 0 atom stereocenters. The van der Waals surface area contributed by atoms with Gasteiger partial charge in [0.2, 0.25) is 0 Å². The molecule has 0 amide bonds. The van der Waals surface area contributed by atoms with Crippen molar-refractivity contribution in [3.63, 3.8) is 0 Å². The highest BCUT2D eigenvalue weighted by Gasteiger charge is 2.15. The van der Waals surface area contributed by atoms with E-state index in [1.165, 1.54) is 19.5 Å². The van der Waals surface area contributed by atoms with Crippen molar-refractivity contribution in [3.05, 3.63) is 65.0 Å². The zero-order chi connectivity index (χ0) is 18.5. The van der Waals surface area contributed by atoms with E-state index < -0.39 is 4.92 Å². The second-order valence-corrected chi connectivity index (χ2v) is 5.26. The van der Waals surface area contributed by atoms with Gasteiger partial charge in [0.25, 0.3) is 0 Å². The van der Waals surface area contributed by atoms with Gasteiger partial charge in [0.15, 0.2) is 5.75 Å². The highest BCUT2D eigenvalue weighted by Crippen LogP contribution is 2.32. The van der Waals surface area contributed by atoms with Crippen molar-refractivity contribution in [1.82, 2.24) is 9.97 Å². The maximum Gasteiger partial charge on any atom is 0.311 e. The summed E-state index contributed by atoms with van der Waals surface area (Å²) in [6.07, 6.45) is 1.44. The van der Waals surface area contributed by atoms with Crippen molar-refractivity contribution < 1.29 is 14.4 Å². The van der Waals surface area contributed by atoms with E-state index in [1.807, 2.05) is 24.3 Å². The van der Waals surface area contributed by atoms with Crippen LogP contribution in [0.15, 0.2) is 54.9 Å². The molecule has 0 aliphatic carbocycles. The van der Waals surface area contributed by atoms with Crippen molar-refractivity contribution >= 4 is 17.2 Å². The number of hydrogen-bond donors (Lipinski definition) is 1. The first kappa shape index (κ1) is 17.2. The van der Waals surface area contributed by atoms with Crippen molar-refractivity contribution in [1.29, 1.82) is 0 Å². The van der Waals surface area contributed by atoms with Gasteiger partial charge in [-0.3, -0.25) is 10.1 Å². The lowest BCUT2D eigenvalue weighted by Crippen LogP contribution is -1.98. The molecule has 0 fully saturated rings. The molecule has 132 valence electrons. The van der Waals surface area contributed by atoms with Gasteiger partial charge in [-0.25, -0.2) is 9.97 Å². The number of aromatic nitrogens is 2. The van der Waals surface area contributed by atoms with E-state index in [4.69, 9.17) is 9.47 Å². The molecule has 26 heavy (non-hydrogen) atoms. The summed E-state index contributed by atoms with van der Waals surface area (Å²) in [4.78, 5) is 19.0. The van der Waals surface area contributed by atoms with Gasteiger partial charge in [0.1, 0.15) is 17.9 Å². The number of nitro groups is 1. The molecule has 1 heterocycles. The van der Waals surface area contributed by atoms with Gasteiger partial charge >= 0.3 is 5.69 Å². The zero-order valence-electron chi connectivity index (χ0n) is 14.2. The topological polar surface area (TPSA) is 99.4 Å². The Bertz CT molecular complexity index is 946. The minimum absolute atomic E-state index is 0.101. The fraction of sp³-hybridized carbons (Fsp3) is 0.111. The minimum atomic E-state index is -0.493. The Kier molecular flexibility index (Phi) is 4.93. The quantitative estimate of drug-likeness (QED) is 0.532. The SMILES string of the molecule is COc1ccccc1-c1cc(Nc2ccc([N+](=O)[O-])c(OC)c2)ncn1. The van der Waals surface area contributed by atoms with E-state index in [-0.39, 0.29) is 11.4 Å². The smallest absolute Gasteiger partial charge is 0.311 e. The van der Waals surface area contributed by atoms with Crippen molar-refractivity contribution in [3.8, 4) is 22.8 Å². The van der Waals surface area contributed by atoms with Crippen molar-refractivity contribution in [2.45, 2.75) is 0 Å². The monoisotopic (exact) mass is 352 g/mol. The number of nitrogens with zero attached hydrogens (tertiary/aromatic N) is 3. The van der Waals surface area contributed by atoms with Crippen LogP contribution >= 0.6 is 0 Å². The van der Waals surface area contributed by atoms with Gasteiger partial charge in [-0.05, 0) is 18.2 Å². The molecule has 0 saturated carbocycles. The highest BCUT2D eigenvalue weighted by atomic mass is 16.6. The average Bonchev–Trinajstić information content (AvgIpc) is 2.67. The Hall–Kier alpha value is -3.68. The molecule has 0 radical (unpaired) electrons. The largest absolute Gasteiger partial charge is 0.496 e. The zero-order valence-corrected chi connectivity index (χ0v) is 14.2. The summed E-state index contributed by atoms with van der Waals surface area (Å²) in [5.74, 6) is 1.41. The molecule has 0 spiro atoms. The lowest BCUT2D eigenvalue weighted by molar-refractivity contribution is -0.385. The van der Waals surface area contributed by atoms with Crippen LogP contribution in [0.4, 0.5) is 17.2 Å². The fourth-order valence-corrected chi connectivity index (χ4v) is 2.48. The number of benzene rings is 2. The van der Waals surface area contributed by atoms with Crippen LogP contribution in [0, 0.1) is 10.1 Å². The van der Waals surface area contributed by atoms with Gasteiger partial charge in [-0.15, -0.1) is 0 Å². The summed E-state index contributed by atoms with van der Waals surface area (Å²) >= 11 is 0. The van der Waals surface area contributed by atoms with Gasteiger partial charge in [0.05, 0.1) is 24.8 Å². The maximum atomic E-state index is 11.0. The standard InChI is InChI=1S/C18H16N4O4/c1-25-16-6-4-3-5-13(16)14-10-18(20-11-19-14)21-12-7-8-15(22(23)24)17(9-12)26-2/h3-11H,1-2H3,(H,19,20,21). The van der Waals surface area contributed by atoms with Gasteiger partial charge in [0, 0.05) is 29.4 Å². The van der Waals surface area contributed by atoms with Crippen LogP contribution < -0.4 is 14.8 Å². The molecule has 3 rings (SSSR count). The molecule has 8 heteroatoms. The number of hydrogen-bond acceptors (Lipinski definition) is 7. The first-order valence-electron chi connectivity index (χ1n) is 7.67. The lowest BCUT2D eigenvalue weighted by Gasteiger charge is -2.10. The summed E-state index contributed by atoms with van der Waals surface area (Å²) in [7, 11) is 2.99. The molecule has 0 aliphatic heterocycles. The number of ether oxygens (including phenoxy) is 2. The molecule has 1 N–H and O–H groups in total. The second kappa shape index (κ2) is 7.47. The third-order valence-electron chi connectivity index (χ3n) is 3.70. The second-order valence-electron chi connectivity index (χ2n) is 5.26. The molecule has 0 unspecified atom stereocenters. The molecule has 0 bridgehead atoms. The first-order valence-corrected chi connectivity index (χ1v) is 7.67. The van der Waals surface area contributed by atoms with Crippen LogP contribution in [-0.2, 0) is 0 Å². The number of rotatable bonds is 6. The van der Waals surface area contributed by atoms with Crippen LogP contribution in [0.1, 0.15) is 0 Å². The summed E-state index contributed by atoms with van der Waals surface area (Å²) < 4.78 is 10.4. The Morgan fingerprint density at radius 3 is 2.50 bits per heavy atom. The normalized spacial score (nSPS) is 10.2. The van der Waals surface area contributed by atoms with E-state index in [9.17, 15) is 10.1 Å². The molecule has 0 aliphatic rings. The molecule has 8 nitrogen and oxygen atoms in total. The Morgan fingerprint density at radius 1 is 1.00 bits per heavy atom. The van der Waals surface area contributed by atoms with Crippen LogP contribution in [0.5, 0.6) is 11.5 Å². The molecule has 2 aromatic carbocycles. The number of methoxy groups -OCH3 is 2. The summed E-state index contributed by atoms with van der Waals surface area (Å²) in [5, 5.41) is 14.1. The molecule has 1 aromatic heterocycles. The summed E-state index contributed by atoms with van der Waals surface area (Å²) in [6, 6.07) is 13.8. The molecule has 3 aromatic rings. The molecular weight excluding hydrogens is 336 g/mol. The average molecular weight is 352 g/mol. The third kappa shape index (κ3) is 3.54. The highest BCUT2D eigenvalue weighted by molar-refractivity contribution is 5.71. The number of nitrogens with one attached hydrogen (secondary N) is 1. The lowest BCUT2D eigenvalue weighted by atomic mass is 10.1. The van der Waals surface area contributed by atoms with E-state index >= 15 is 0 Å². The summed E-state index contributed by atoms with van der Waals surface area (Å²) in [6.45, 7) is 0. The van der Waals surface area contributed by atoms with Gasteiger partial charge < -0.3 is 14.8 Å². The fourth-order valence-electron chi connectivity index (χ4n) is 2.48.